The number of para-hydroxylation sites is 1. The third-order valence-electron chi connectivity index (χ3n) is 5.06. The van der Waals surface area contributed by atoms with Crippen molar-refractivity contribution < 1.29 is 0 Å². The van der Waals surface area contributed by atoms with Gasteiger partial charge in [-0.2, -0.15) is 5.10 Å². The van der Waals surface area contributed by atoms with Crippen molar-refractivity contribution in [3.8, 4) is 5.69 Å². The van der Waals surface area contributed by atoms with Crippen molar-refractivity contribution in [2.24, 2.45) is 4.99 Å². The summed E-state index contributed by atoms with van der Waals surface area (Å²) < 4.78 is 1.90. The van der Waals surface area contributed by atoms with Crippen molar-refractivity contribution in [1.29, 1.82) is 0 Å². The number of aliphatic imine (C=N–C) groups is 1. The Hall–Kier alpha value is -2.35. The fraction of sp³-hybridized carbons (Fsp3) is 0.273. The summed E-state index contributed by atoms with van der Waals surface area (Å²) in [5.41, 5.74) is 3.48. The molecule has 1 unspecified atom stereocenters. The molecular weight excluding hydrogens is 461 g/mol. The van der Waals surface area contributed by atoms with E-state index in [9.17, 15) is 0 Å². The highest BCUT2D eigenvalue weighted by Crippen LogP contribution is 2.26. The average molecular weight is 487 g/mol. The molecule has 6 heteroatoms. The van der Waals surface area contributed by atoms with E-state index in [0.29, 0.717) is 12.5 Å². The van der Waals surface area contributed by atoms with Crippen LogP contribution in [0.25, 0.3) is 5.69 Å². The zero-order chi connectivity index (χ0) is 18.5. The number of halogens is 1. The van der Waals surface area contributed by atoms with Gasteiger partial charge < -0.3 is 10.2 Å². The van der Waals surface area contributed by atoms with Crippen LogP contribution in [0.1, 0.15) is 23.6 Å². The maximum Gasteiger partial charge on any atom is 0.193 e. The third-order valence-corrected chi connectivity index (χ3v) is 5.06. The lowest BCUT2D eigenvalue weighted by Crippen LogP contribution is -2.39. The molecule has 1 N–H and O–H groups in total. The van der Waals surface area contributed by atoms with Crippen LogP contribution >= 0.6 is 24.0 Å². The molecule has 4 rings (SSSR count). The number of nitrogens with one attached hydrogen (secondary N) is 1. The minimum Gasteiger partial charge on any atom is -0.351 e. The minimum absolute atomic E-state index is 0. The summed E-state index contributed by atoms with van der Waals surface area (Å²) in [4.78, 5) is 6.81. The molecule has 1 atom stereocenters. The van der Waals surface area contributed by atoms with Crippen LogP contribution in [0.4, 0.5) is 0 Å². The maximum absolute atomic E-state index is 4.66. The molecule has 146 valence electrons. The summed E-state index contributed by atoms with van der Waals surface area (Å²) in [6, 6.07) is 23.0. The number of rotatable bonds is 4. The first kappa shape index (κ1) is 20.4. The van der Waals surface area contributed by atoms with Gasteiger partial charge in [-0.25, -0.2) is 4.68 Å². The second-order valence-corrected chi connectivity index (χ2v) is 6.83. The monoisotopic (exact) mass is 487 g/mol. The van der Waals surface area contributed by atoms with Crippen LogP contribution in [0.3, 0.4) is 0 Å². The van der Waals surface area contributed by atoms with Crippen LogP contribution in [-0.4, -0.2) is 40.8 Å². The molecule has 0 saturated carbocycles. The molecule has 0 radical (unpaired) electrons. The Kier molecular flexibility index (Phi) is 7.08. The highest BCUT2D eigenvalue weighted by atomic mass is 127. The lowest BCUT2D eigenvalue weighted by molar-refractivity contribution is 0.485. The average Bonchev–Trinajstić information content (AvgIpc) is 3.40. The number of nitrogens with zero attached hydrogens (tertiary/aromatic N) is 4. The van der Waals surface area contributed by atoms with Gasteiger partial charge in [0.25, 0.3) is 0 Å². The van der Waals surface area contributed by atoms with Crippen molar-refractivity contribution in [2.45, 2.75) is 18.9 Å². The summed E-state index contributed by atoms with van der Waals surface area (Å²) in [7, 11) is 1.85. The molecule has 0 bridgehead atoms. The quantitative estimate of drug-likeness (QED) is 0.343. The van der Waals surface area contributed by atoms with E-state index in [2.05, 4.69) is 62.8 Å². The van der Waals surface area contributed by atoms with Crippen LogP contribution in [-0.2, 0) is 6.54 Å². The lowest BCUT2D eigenvalue weighted by Gasteiger charge is -2.21. The summed E-state index contributed by atoms with van der Waals surface area (Å²) in [5.74, 6) is 1.52. The summed E-state index contributed by atoms with van der Waals surface area (Å²) in [6.45, 7) is 2.69. The van der Waals surface area contributed by atoms with E-state index in [0.717, 1.165) is 36.9 Å². The van der Waals surface area contributed by atoms with Crippen LogP contribution in [0.15, 0.2) is 77.9 Å². The summed E-state index contributed by atoms with van der Waals surface area (Å²) in [6.07, 6.45) is 3.16. The first-order chi connectivity index (χ1) is 13.3. The Balaban J connectivity index is 0.00000225. The van der Waals surface area contributed by atoms with Crippen molar-refractivity contribution in [1.82, 2.24) is 20.0 Å². The number of benzene rings is 2. The molecule has 1 fully saturated rings. The van der Waals surface area contributed by atoms with Crippen LogP contribution < -0.4 is 5.32 Å². The Morgan fingerprint density at radius 1 is 1.07 bits per heavy atom. The van der Waals surface area contributed by atoms with E-state index in [-0.39, 0.29) is 24.0 Å². The smallest absolute Gasteiger partial charge is 0.193 e. The number of likely N-dealkylation sites (tertiary alicyclic amines) is 1. The van der Waals surface area contributed by atoms with Crippen LogP contribution in [0.5, 0.6) is 0 Å². The molecule has 1 aliphatic heterocycles. The van der Waals surface area contributed by atoms with Crippen LogP contribution in [0, 0.1) is 0 Å². The number of aromatic nitrogens is 2. The van der Waals surface area contributed by atoms with Crippen molar-refractivity contribution in [3.63, 3.8) is 0 Å². The van der Waals surface area contributed by atoms with Gasteiger partial charge in [0.05, 0.1) is 17.9 Å². The number of guanidine groups is 1. The van der Waals surface area contributed by atoms with Gasteiger partial charge in [-0.05, 0) is 30.2 Å². The van der Waals surface area contributed by atoms with Gasteiger partial charge in [0, 0.05) is 32.3 Å². The molecule has 0 spiro atoms. The normalized spacial score (nSPS) is 16.7. The lowest BCUT2D eigenvalue weighted by atomic mass is 9.99. The second kappa shape index (κ2) is 9.73. The van der Waals surface area contributed by atoms with Gasteiger partial charge in [-0.15, -0.1) is 24.0 Å². The molecule has 2 heterocycles. The zero-order valence-corrected chi connectivity index (χ0v) is 18.4. The van der Waals surface area contributed by atoms with Gasteiger partial charge in [-0.3, -0.25) is 4.99 Å². The SMILES string of the molecule is CN=C(NCc1ccn(-c2ccccc2)n1)N1CCC(c2ccccc2)C1.I. The molecular formula is C22H26IN5. The highest BCUT2D eigenvalue weighted by Gasteiger charge is 2.25. The van der Waals surface area contributed by atoms with Crippen molar-refractivity contribution >= 4 is 29.9 Å². The maximum atomic E-state index is 4.66. The van der Waals surface area contributed by atoms with E-state index in [1.165, 1.54) is 5.56 Å². The van der Waals surface area contributed by atoms with Gasteiger partial charge >= 0.3 is 0 Å². The van der Waals surface area contributed by atoms with Crippen molar-refractivity contribution in [2.75, 3.05) is 20.1 Å². The minimum atomic E-state index is 0. The van der Waals surface area contributed by atoms with E-state index in [4.69, 9.17) is 0 Å². The van der Waals surface area contributed by atoms with E-state index < -0.39 is 0 Å². The first-order valence-electron chi connectivity index (χ1n) is 9.44. The molecule has 3 aromatic rings. The number of hydrogen-bond donors (Lipinski definition) is 1. The largest absolute Gasteiger partial charge is 0.351 e. The molecule has 1 saturated heterocycles. The Morgan fingerprint density at radius 3 is 2.50 bits per heavy atom. The third kappa shape index (κ3) is 4.73. The standard InChI is InChI=1S/C22H25N5.HI/c1-23-22(26-14-12-19(17-26)18-8-4-2-5-9-18)24-16-20-13-15-27(25-20)21-10-6-3-7-11-21;/h2-11,13,15,19H,12,14,16-17H2,1H3,(H,23,24);1H. The predicted octanol–water partition coefficient (Wildman–Crippen LogP) is 4.06. The molecule has 2 aromatic carbocycles. The fourth-order valence-corrected chi connectivity index (χ4v) is 3.63. The molecule has 5 nitrogen and oxygen atoms in total. The van der Waals surface area contributed by atoms with E-state index in [1.54, 1.807) is 0 Å². The summed E-state index contributed by atoms with van der Waals surface area (Å²) in [5, 5.41) is 8.12. The first-order valence-corrected chi connectivity index (χ1v) is 9.44. The zero-order valence-electron chi connectivity index (χ0n) is 16.0. The Morgan fingerprint density at radius 2 is 1.79 bits per heavy atom. The van der Waals surface area contributed by atoms with E-state index in [1.807, 2.05) is 42.2 Å². The number of hydrogen-bond acceptors (Lipinski definition) is 2. The fourth-order valence-electron chi connectivity index (χ4n) is 3.63. The van der Waals surface area contributed by atoms with Gasteiger partial charge in [0.1, 0.15) is 0 Å². The van der Waals surface area contributed by atoms with E-state index >= 15 is 0 Å². The van der Waals surface area contributed by atoms with Gasteiger partial charge in [-0.1, -0.05) is 48.5 Å². The molecule has 1 aliphatic rings. The van der Waals surface area contributed by atoms with Gasteiger partial charge in [0.15, 0.2) is 5.96 Å². The topological polar surface area (TPSA) is 45.5 Å². The molecule has 0 aliphatic carbocycles. The van der Waals surface area contributed by atoms with Crippen molar-refractivity contribution in [3.05, 3.63) is 84.2 Å². The molecule has 28 heavy (non-hydrogen) atoms. The van der Waals surface area contributed by atoms with Gasteiger partial charge in [0.2, 0.25) is 0 Å². The molecule has 1 aromatic heterocycles. The second-order valence-electron chi connectivity index (χ2n) is 6.83. The summed E-state index contributed by atoms with van der Waals surface area (Å²) >= 11 is 0. The Bertz CT molecular complexity index is 892. The molecule has 0 amide bonds. The highest BCUT2D eigenvalue weighted by molar-refractivity contribution is 14.0. The Labute approximate surface area is 183 Å². The predicted molar refractivity (Wildman–Crippen MR) is 125 cm³/mol. The van der Waals surface area contributed by atoms with Crippen LogP contribution in [0.2, 0.25) is 0 Å².